The molecule has 3 rings (SSSR count). The third-order valence-corrected chi connectivity index (χ3v) is 4.83. The third-order valence-electron chi connectivity index (χ3n) is 4.48. The predicted molar refractivity (Wildman–Crippen MR) is 81.0 cm³/mol. The van der Waals surface area contributed by atoms with Crippen LogP contribution in [0.1, 0.15) is 36.4 Å². The number of urea groups is 1. The van der Waals surface area contributed by atoms with E-state index in [1.54, 1.807) is 0 Å². The van der Waals surface area contributed by atoms with Crippen LogP contribution in [0.25, 0.3) is 0 Å². The minimum Gasteiger partial charge on any atom is -0.331 e. The van der Waals surface area contributed by atoms with Crippen LogP contribution < -0.4 is 5.32 Å². The Kier molecular flexibility index (Phi) is 4.03. The average molecular weight is 304 g/mol. The van der Waals surface area contributed by atoms with E-state index in [-0.39, 0.29) is 18.0 Å². The lowest BCUT2D eigenvalue weighted by Gasteiger charge is -2.30. The summed E-state index contributed by atoms with van der Waals surface area (Å²) in [6.07, 6.45) is 3.37. The Morgan fingerprint density at radius 3 is 2.81 bits per heavy atom. The van der Waals surface area contributed by atoms with Crippen molar-refractivity contribution in [2.24, 2.45) is 5.92 Å². The second-order valence-electron chi connectivity index (χ2n) is 5.74. The highest BCUT2D eigenvalue weighted by Crippen LogP contribution is 2.35. The van der Waals surface area contributed by atoms with Gasteiger partial charge >= 0.3 is 6.03 Å². The molecule has 1 atom stereocenters. The van der Waals surface area contributed by atoms with E-state index in [1.807, 2.05) is 23.1 Å². The number of likely N-dealkylation sites (tertiary alicyclic amines) is 1. The molecule has 0 bridgehead atoms. The van der Waals surface area contributed by atoms with E-state index in [0.29, 0.717) is 13.1 Å². The van der Waals surface area contributed by atoms with E-state index in [4.69, 9.17) is 16.9 Å². The molecule has 1 saturated heterocycles. The molecule has 1 unspecified atom stereocenters. The summed E-state index contributed by atoms with van der Waals surface area (Å²) in [5.41, 5.74) is 2.30. The number of nitrogens with zero attached hydrogens (tertiary/aromatic N) is 2. The smallest absolute Gasteiger partial charge is 0.317 e. The molecule has 1 heterocycles. The number of nitriles is 1. The van der Waals surface area contributed by atoms with Gasteiger partial charge in [-0.3, -0.25) is 0 Å². The van der Waals surface area contributed by atoms with Crippen molar-refractivity contribution >= 4 is 17.6 Å². The van der Waals surface area contributed by atoms with Crippen LogP contribution in [0.4, 0.5) is 4.79 Å². The van der Waals surface area contributed by atoms with Gasteiger partial charge in [-0.1, -0.05) is 23.7 Å². The molecule has 1 fully saturated rings. The molecule has 0 saturated carbocycles. The van der Waals surface area contributed by atoms with E-state index < -0.39 is 0 Å². The summed E-state index contributed by atoms with van der Waals surface area (Å²) in [7, 11) is 0. The summed E-state index contributed by atoms with van der Waals surface area (Å²) in [5, 5.41) is 12.8. The molecule has 1 N–H and O–H groups in total. The van der Waals surface area contributed by atoms with Crippen molar-refractivity contribution in [1.29, 1.82) is 5.26 Å². The van der Waals surface area contributed by atoms with Gasteiger partial charge in [-0.15, -0.1) is 0 Å². The zero-order valence-corrected chi connectivity index (χ0v) is 12.6. The predicted octanol–water partition coefficient (Wildman–Crippen LogP) is 3.27. The van der Waals surface area contributed by atoms with Gasteiger partial charge in [0.2, 0.25) is 0 Å². The van der Waals surface area contributed by atoms with Crippen molar-refractivity contribution in [2.45, 2.75) is 31.7 Å². The summed E-state index contributed by atoms with van der Waals surface area (Å²) in [4.78, 5) is 14.2. The van der Waals surface area contributed by atoms with Gasteiger partial charge in [-0.2, -0.15) is 5.26 Å². The Bertz CT molecular complexity index is 588. The number of halogens is 1. The zero-order valence-electron chi connectivity index (χ0n) is 11.8. The van der Waals surface area contributed by atoms with Crippen molar-refractivity contribution in [3.05, 3.63) is 34.3 Å². The molecule has 2 aliphatic rings. The summed E-state index contributed by atoms with van der Waals surface area (Å²) in [6.45, 7) is 1.33. The molecular formula is C16H18ClN3O. The molecule has 0 aromatic heterocycles. The van der Waals surface area contributed by atoms with Crippen LogP contribution in [-0.4, -0.2) is 24.0 Å². The molecule has 2 amide bonds. The Balaban J connectivity index is 1.63. The summed E-state index contributed by atoms with van der Waals surface area (Å²) in [5.74, 6) is 0.0973. The number of carbonyl (C=O) groups excluding carboxylic acids is 1. The second-order valence-corrected chi connectivity index (χ2v) is 6.15. The highest BCUT2D eigenvalue weighted by molar-refractivity contribution is 6.31. The molecule has 1 aromatic rings. The van der Waals surface area contributed by atoms with Crippen LogP contribution in [0.3, 0.4) is 0 Å². The third kappa shape index (κ3) is 2.84. The maximum atomic E-state index is 12.3. The van der Waals surface area contributed by atoms with Crippen molar-refractivity contribution in [3.8, 4) is 6.07 Å². The van der Waals surface area contributed by atoms with E-state index in [1.165, 1.54) is 0 Å². The number of carbonyl (C=O) groups is 1. The normalized spacial score (nSPS) is 21.7. The largest absolute Gasteiger partial charge is 0.331 e. The lowest BCUT2D eigenvalue weighted by atomic mass is 9.99. The molecule has 1 aromatic carbocycles. The Labute approximate surface area is 129 Å². The maximum absolute atomic E-state index is 12.3. The molecule has 0 spiro atoms. The molecule has 1 aliphatic carbocycles. The van der Waals surface area contributed by atoms with Crippen LogP contribution in [-0.2, 0) is 6.42 Å². The van der Waals surface area contributed by atoms with Gasteiger partial charge in [0.1, 0.15) is 0 Å². The van der Waals surface area contributed by atoms with Crippen molar-refractivity contribution in [1.82, 2.24) is 10.2 Å². The van der Waals surface area contributed by atoms with E-state index in [0.717, 1.165) is 41.8 Å². The van der Waals surface area contributed by atoms with Gasteiger partial charge in [0.15, 0.2) is 0 Å². The fourth-order valence-corrected chi connectivity index (χ4v) is 3.49. The summed E-state index contributed by atoms with van der Waals surface area (Å²) < 4.78 is 0. The first-order valence-electron chi connectivity index (χ1n) is 7.41. The van der Waals surface area contributed by atoms with Crippen LogP contribution in [0.2, 0.25) is 5.02 Å². The molecule has 0 radical (unpaired) electrons. The number of hydrogen-bond donors (Lipinski definition) is 1. The first kappa shape index (κ1) is 14.2. The molecule has 1 aliphatic heterocycles. The molecular weight excluding hydrogens is 286 g/mol. The number of amides is 2. The maximum Gasteiger partial charge on any atom is 0.317 e. The Hall–Kier alpha value is -1.73. The van der Waals surface area contributed by atoms with Crippen LogP contribution in [0, 0.1) is 17.2 Å². The Morgan fingerprint density at radius 2 is 2.10 bits per heavy atom. The number of piperidine rings is 1. The lowest BCUT2D eigenvalue weighted by Crippen LogP contribution is -2.45. The summed E-state index contributed by atoms with van der Waals surface area (Å²) >= 11 is 6.20. The summed E-state index contributed by atoms with van der Waals surface area (Å²) in [6, 6.07) is 8.19. The van der Waals surface area contributed by atoms with Crippen molar-refractivity contribution in [3.63, 3.8) is 0 Å². The molecule has 21 heavy (non-hydrogen) atoms. The van der Waals surface area contributed by atoms with Gasteiger partial charge in [0.25, 0.3) is 0 Å². The molecule has 4 nitrogen and oxygen atoms in total. The highest BCUT2D eigenvalue weighted by atomic mass is 35.5. The quantitative estimate of drug-likeness (QED) is 0.865. The van der Waals surface area contributed by atoms with Crippen LogP contribution in [0.5, 0.6) is 0 Å². The standard InChI is InChI=1S/C16H18ClN3O/c17-14-3-1-2-13-12(14)4-5-15(13)19-16(21)20-8-6-11(10-18)7-9-20/h1-3,11,15H,4-9H2,(H,19,21). The first-order valence-corrected chi connectivity index (χ1v) is 7.79. The van der Waals surface area contributed by atoms with Gasteiger partial charge < -0.3 is 10.2 Å². The SMILES string of the molecule is N#CC1CCN(C(=O)NC2CCc3c(Cl)cccc32)CC1. The monoisotopic (exact) mass is 303 g/mol. The molecule has 110 valence electrons. The highest BCUT2D eigenvalue weighted by Gasteiger charge is 2.28. The van der Waals surface area contributed by atoms with E-state index in [2.05, 4.69) is 11.4 Å². The lowest BCUT2D eigenvalue weighted by molar-refractivity contribution is 0.175. The van der Waals surface area contributed by atoms with Crippen molar-refractivity contribution in [2.75, 3.05) is 13.1 Å². The average Bonchev–Trinajstić information content (AvgIpc) is 2.92. The fraction of sp³-hybridized carbons (Fsp3) is 0.500. The van der Waals surface area contributed by atoms with Gasteiger partial charge in [-0.05, 0) is 42.9 Å². The van der Waals surface area contributed by atoms with Gasteiger partial charge in [0.05, 0.1) is 12.1 Å². The second kappa shape index (κ2) is 5.95. The topological polar surface area (TPSA) is 56.1 Å². The minimum absolute atomic E-state index is 0.0239. The van der Waals surface area contributed by atoms with E-state index >= 15 is 0 Å². The van der Waals surface area contributed by atoms with Crippen LogP contribution >= 0.6 is 11.6 Å². The van der Waals surface area contributed by atoms with E-state index in [9.17, 15) is 4.79 Å². The minimum atomic E-state index is -0.0239. The number of hydrogen-bond acceptors (Lipinski definition) is 2. The fourth-order valence-electron chi connectivity index (χ4n) is 3.21. The number of rotatable bonds is 1. The Morgan fingerprint density at radius 1 is 1.33 bits per heavy atom. The van der Waals surface area contributed by atoms with Gasteiger partial charge in [-0.25, -0.2) is 4.79 Å². The zero-order chi connectivity index (χ0) is 14.8. The van der Waals surface area contributed by atoms with Gasteiger partial charge in [0, 0.05) is 24.0 Å². The number of nitrogens with one attached hydrogen (secondary N) is 1. The van der Waals surface area contributed by atoms with Crippen molar-refractivity contribution < 1.29 is 4.79 Å². The number of fused-ring (bicyclic) bond motifs is 1. The molecule has 5 heteroatoms. The number of benzene rings is 1. The van der Waals surface area contributed by atoms with Crippen LogP contribution in [0.15, 0.2) is 18.2 Å². The first-order chi connectivity index (χ1) is 10.2.